The van der Waals surface area contributed by atoms with Gasteiger partial charge in [0.25, 0.3) is 0 Å². The van der Waals surface area contributed by atoms with Crippen LogP contribution in [0.15, 0.2) is 0 Å². The van der Waals surface area contributed by atoms with E-state index < -0.39 is 40.7 Å². The molecule has 0 bridgehead atoms. The summed E-state index contributed by atoms with van der Waals surface area (Å²) in [7, 11) is 0. The number of rotatable bonds is 0. The summed E-state index contributed by atoms with van der Waals surface area (Å²) in [6, 6.07) is 0. The fourth-order valence-corrected chi connectivity index (χ4v) is 0. The van der Waals surface area contributed by atoms with Crippen LogP contribution in [0.1, 0.15) is 0 Å². The Labute approximate surface area is 193 Å². The number of hydrogen-bond acceptors (Lipinski definition) is 24. The molecular formula is CN8O24Ti. The molecule has 0 saturated carbocycles. The zero-order valence-corrected chi connectivity index (χ0v) is 15.9. The summed E-state index contributed by atoms with van der Waals surface area (Å²) in [5.41, 5.74) is 0. The van der Waals surface area contributed by atoms with E-state index in [1.54, 1.807) is 0 Å². The second kappa shape index (κ2) is 56.4. The van der Waals surface area contributed by atoms with Gasteiger partial charge in [0.05, 0.1) is 40.7 Å². The molecule has 0 aromatic heterocycles. The van der Waals surface area contributed by atoms with Gasteiger partial charge in [0, 0.05) is 0 Å². The minimum absolute atomic E-state index is 0. The van der Waals surface area contributed by atoms with E-state index >= 15 is 0 Å². The van der Waals surface area contributed by atoms with E-state index in [0.717, 1.165) is 0 Å². The molecule has 34 heavy (non-hydrogen) atoms. The van der Waals surface area contributed by atoms with Crippen LogP contribution in [0, 0.1) is 130 Å². The summed E-state index contributed by atoms with van der Waals surface area (Å²) < 4.78 is 0. The zero-order chi connectivity index (χ0) is 28.6. The number of hydrogen-bond donors (Lipinski definition) is 0. The van der Waals surface area contributed by atoms with Crippen LogP contribution in [0.2, 0.25) is 0 Å². The van der Waals surface area contributed by atoms with Crippen LogP contribution in [0.25, 0.3) is 0 Å². The first-order valence-electron chi connectivity index (χ1n) is 4.38. The molecule has 0 N–H and O–H groups in total. The fraction of sp³-hybridized carbons (Fsp3) is 0. The van der Waals surface area contributed by atoms with E-state index in [0.29, 0.717) is 0 Å². The maximum Gasteiger partial charge on any atom is 4.00 e. The Bertz CT molecular complexity index is 367. The molecule has 0 radical (unpaired) electrons. The summed E-state index contributed by atoms with van der Waals surface area (Å²) in [4.78, 5) is 66.0. The van der Waals surface area contributed by atoms with Gasteiger partial charge in [-0.05, 0) is 0 Å². The first kappa shape index (κ1) is 63.0. The SMILES string of the molecule is O=[N+]([O-])[O-].O=[N+]([O-])[O-].O=[N+]([O-])[O-].O=[N+]([O-])[O-].O=[N+]([O-])[O-].O=[N+]([O-])[O-].O=[N+]([O-])[O-].O=[N+]([O-])[O-].[C+4].[Ti+4]. The maximum atomic E-state index is 8.25. The Kier molecular flexibility index (Phi) is 104. The van der Waals surface area contributed by atoms with E-state index in [-0.39, 0.29) is 29.1 Å². The summed E-state index contributed by atoms with van der Waals surface area (Å²) in [5.74, 6) is 0. The molecule has 192 valence electrons. The number of nitrogens with zero attached hydrogens (tertiary/aromatic N) is 8. The Morgan fingerprint density at radius 1 is 0.235 bits per heavy atom. The van der Waals surface area contributed by atoms with Crippen molar-refractivity contribution in [1.29, 1.82) is 0 Å². The van der Waals surface area contributed by atoms with Crippen molar-refractivity contribution in [3.05, 3.63) is 130 Å². The second-order valence-corrected chi connectivity index (χ2v) is 1.79. The Hall–Kier alpha value is -5.69. The van der Waals surface area contributed by atoms with Crippen LogP contribution < -0.4 is 0 Å². The van der Waals surface area contributed by atoms with E-state index in [2.05, 4.69) is 0 Å². The monoisotopic (exact) mass is 556 g/mol. The third-order valence-corrected chi connectivity index (χ3v) is 0. The topological polar surface area (TPSA) is 530 Å². The van der Waals surface area contributed by atoms with Gasteiger partial charge in [-0.15, -0.1) is 0 Å². The van der Waals surface area contributed by atoms with Gasteiger partial charge in [-0.1, -0.05) is 0 Å². The molecule has 0 aliphatic carbocycles. The summed E-state index contributed by atoms with van der Waals surface area (Å²) in [5, 5.41) is 118. The van der Waals surface area contributed by atoms with Crippen molar-refractivity contribution in [2.45, 2.75) is 0 Å². The molecule has 0 saturated heterocycles. The van der Waals surface area contributed by atoms with Gasteiger partial charge in [-0.3, -0.25) is 0 Å². The van der Waals surface area contributed by atoms with Gasteiger partial charge in [-0.25, -0.2) is 0 Å². The maximum absolute atomic E-state index is 8.25. The van der Waals surface area contributed by atoms with Crippen LogP contribution in [0.3, 0.4) is 0 Å². The Morgan fingerprint density at radius 3 is 0.235 bits per heavy atom. The van der Waals surface area contributed by atoms with E-state index in [1.165, 1.54) is 0 Å². The third kappa shape index (κ3) is 522. The van der Waals surface area contributed by atoms with E-state index in [4.69, 9.17) is 123 Å². The molecule has 32 nitrogen and oxygen atoms in total. The molecular weight excluding hydrogens is 556 g/mol. The molecule has 0 aliphatic rings. The summed E-state index contributed by atoms with van der Waals surface area (Å²) >= 11 is 0. The minimum Gasteiger partial charge on any atom is -0.356 e. The van der Waals surface area contributed by atoms with Crippen LogP contribution in [-0.4, -0.2) is 40.7 Å². The van der Waals surface area contributed by atoms with Crippen molar-refractivity contribution in [1.82, 2.24) is 0 Å². The van der Waals surface area contributed by atoms with Crippen molar-refractivity contribution >= 4 is 0 Å². The van der Waals surface area contributed by atoms with Gasteiger partial charge >= 0.3 is 29.1 Å². The van der Waals surface area contributed by atoms with Crippen LogP contribution >= 0.6 is 0 Å². The van der Waals surface area contributed by atoms with Crippen LogP contribution in [0.5, 0.6) is 0 Å². The molecule has 0 fully saturated rings. The first-order chi connectivity index (χ1) is 13.9. The molecule has 0 amide bonds. The van der Waals surface area contributed by atoms with E-state index in [9.17, 15) is 0 Å². The van der Waals surface area contributed by atoms with E-state index in [1.807, 2.05) is 0 Å². The van der Waals surface area contributed by atoms with Crippen molar-refractivity contribution in [3.63, 3.8) is 0 Å². The van der Waals surface area contributed by atoms with Crippen LogP contribution in [0.4, 0.5) is 0 Å². The average molecular weight is 556 g/mol. The largest absolute Gasteiger partial charge is 4.00 e. The van der Waals surface area contributed by atoms with Gasteiger partial charge in [0.15, 0.2) is 0 Å². The van der Waals surface area contributed by atoms with Crippen molar-refractivity contribution in [2.75, 3.05) is 0 Å². The first-order valence-corrected chi connectivity index (χ1v) is 4.38. The minimum atomic E-state index is -1.75. The molecule has 0 heterocycles. The standard InChI is InChI=1S/C.8NO3.Ti/c;8*2-1(3)4;/q+4;8*-1;+4. The Balaban J connectivity index is -0.0000000240. The quantitative estimate of drug-likeness (QED) is 0.180. The zero-order valence-electron chi connectivity index (χ0n) is 14.4. The van der Waals surface area contributed by atoms with Crippen LogP contribution in [-0.2, 0) is 21.7 Å². The molecule has 33 heteroatoms. The molecule has 0 aliphatic heterocycles. The molecule has 0 aromatic carbocycles. The second-order valence-electron chi connectivity index (χ2n) is 1.79. The van der Waals surface area contributed by atoms with Crippen molar-refractivity contribution < 1.29 is 62.4 Å². The van der Waals surface area contributed by atoms with Gasteiger partial charge in [0.1, 0.15) is 0 Å². The molecule has 0 rings (SSSR count). The van der Waals surface area contributed by atoms with Gasteiger partial charge < -0.3 is 123 Å². The van der Waals surface area contributed by atoms with Gasteiger partial charge in [-0.2, -0.15) is 0 Å². The molecule has 0 unspecified atom stereocenters. The molecule has 0 spiro atoms. The molecule has 0 aromatic rings. The smallest absolute Gasteiger partial charge is 0.356 e. The van der Waals surface area contributed by atoms with Crippen molar-refractivity contribution in [2.24, 2.45) is 0 Å². The average Bonchev–Trinajstić information content (AvgIpc) is 2.30. The summed E-state index contributed by atoms with van der Waals surface area (Å²) in [6.45, 7) is 0. The fourth-order valence-electron chi connectivity index (χ4n) is 0. The third-order valence-electron chi connectivity index (χ3n) is 0. The molecule has 0 atom stereocenters. The normalized spacial score (nSPS) is 5.65. The predicted molar refractivity (Wildman–Crippen MR) is 86.1 cm³/mol. The predicted octanol–water partition coefficient (Wildman–Crippen LogP) is -1.83. The van der Waals surface area contributed by atoms with Crippen molar-refractivity contribution in [3.8, 4) is 0 Å². The summed E-state index contributed by atoms with van der Waals surface area (Å²) in [6.07, 6.45) is 0. The van der Waals surface area contributed by atoms with Gasteiger partial charge in [0.2, 0.25) is 0 Å². The Morgan fingerprint density at radius 2 is 0.235 bits per heavy atom.